The maximum Gasteiger partial charge on any atom is 0.157 e. The van der Waals surface area contributed by atoms with E-state index in [2.05, 4.69) is 40.7 Å². The minimum absolute atomic E-state index is 0.560. The Morgan fingerprint density at radius 1 is 1.33 bits per heavy atom. The highest BCUT2D eigenvalue weighted by Crippen LogP contribution is 2.33. The van der Waals surface area contributed by atoms with E-state index in [1.807, 2.05) is 0 Å². The van der Waals surface area contributed by atoms with Gasteiger partial charge in [0.1, 0.15) is 12.0 Å². The van der Waals surface area contributed by atoms with E-state index < -0.39 is 0 Å². The van der Waals surface area contributed by atoms with Crippen molar-refractivity contribution in [3.63, 3.8) is 0 Å². The van der Waals surface area contributed by atoms with Gasteiger partial charge in [-0.2, -0.15) is 0 Å². The number of nitrogens with zero attached hydrogens (tertiary/aromatic N) is 4. The number of nitrogens with two attached hydrogens (primary N) is 1. The van der Waals surface area contributed by atoms with Crippen LogP contribution in [0.1, 0.15) is 52.4 Å². The molecule has 0 saturated carbocycles. The van der Waals surface area contributed by atoms with Crippen LogP contribution in [0.3, 0.4) is 0 Å². The lowest BCUT2D eigenvalue weighted by Gasteiger charge is -2.37. The zero-order valence-corrected chi connectivity index (χ0v) is 13.7. The van der Waals surface area contributed by atoms with Gasteiger partial charge < -0.3 is 15.5 Å². The van der Waals surface area contributed by atoms with Gasteiger partial charge in [-0.1, -0.05) is 20.3 Å². The summed E-state index contributed by atoms with van der Waals surface area (Å²) in [5.74, 6) is 1.80. The zero-order valence-electron chi connectivity index (χ0n) is 13.7. The number of hydrogen-bond donors (Lipinski definition) is 1. The lowest BCUT2D eigenvalue weighted by Crippen LogP contribution is -2.40. The molecule has 1 fully saturated rings. The first kappa shape index (κ1) is 15.9. The fourth-order valence-corrected chi connectivity index (χ4v) is 3.12. The Bertz CT molecular complexity index is 448. The highest BCUT2D eigenvalue weighted by Gasteiger charge is 2.25. The van der Waals surface area contributed by atoms with Gasteiger partial charge in [-0.05, 0) is 32.1 Å². The molecule has 1 aliphatic rings. The van der Waals surface area contributed by atoms with Gasteiger partial charge in [-0.15, -0.1) is 0 Å². The molecule has 2 rings (SSSR count). The van der Waals surface area contributed by atoms with E-state index >= 15 is 0 Å². The molecule has 0 aromatic carbocycles. The van der Waals surface area contributed by atoms with Gasteiger partial charge in [0.2, 0.25) is 0 Å². The van der Waals surface area contributed by atoms with Crippen LogP contribution in [0.2, 0.25) is 0 Å². The Morgan fingerprint density at radius 3 is 2.86 bits per heavy atom. The van der Waals surface area contributed by atoms with Crippen LogP contribution < -0.4 is 15.5 Å². The topological polar surface area (TPSA) is 58.3 Å². The molecule has 1 atom stereocenters. The largest absolute Gasteiger partial charge is 0.393 e. The van der Waals surface area contributed by atoms with Crippen molar-refractivity contribution in [1.82, 2.24) is 9.97 Å². The van der Waals surface area contributed by atoms with Gasteiger partial charge in [0, 0.05) is 26.2 Å². The number of aromatic nitrogens is 2. The smallest absolute Gasteiger partial charge is 0.157 e. The van der Waals surface area contributed by atoms with Crippen molar-refractivity contribution in [2.45, 2.75) is 58.4 Å². The second kappa shape index (κ2) is 7.48. The van der Waals surface area contributed by atoms with Crippen molar-refractivity contribution < 1.29 is 0 Å². The normalized spacial score (nSPS) is 18.8. The van der Waals surface area contributed by atoms with Crippen LogP contribution in [-0.2, 0) is 0 Å². The van der Waals surface area contributed by atoms with Crippen molar-refractivity contribution in [2.24, 2.45) is 0 Å². The summed E-state index contributed by atoms with van der Waals surface area (Å²) in [4.78, 5) is 13.4. The van der Waals surface area contributed by atoms with Crippen LogP contribution in [0.5, 0.6) is 0 Å². The van der Waals surface area contributed by atoms with Crippen LogP contribution in [0.15, 0.2) is 6.33 Å². The van der Waals surface area contributed by atoms with Gasteiger partial charge in [0.25, 0.3) is 0 Å². The van der Waals surface area contributed by atoms with Gasteiger partial charge in [-0.25, -0.2) is 9.97 Å². The third-order valence-electron chi connectivity index (χ3n) is 4.42. The van der Waals surface area contributed by atoms with Crippen LogP contribution in [0.25, 0.3) is 0 Å². The van der Waals surface area contributed by atoms with Crippen molar-refractivity contribution in [2.75, 3.05) is 35.7 Å². The van der Waals surface area contributed by atoms with Crippen molar-refractivity contribution in [3.05, 3.63) is 6.33 Å². The fraction of sp³-hybridized carbons (Fsp3) is 0.750. The first-order chi connectivity index (χ1) is 10.2. The third kappa shape index (κ3) is 3.57. The van der Waals surface area contributed by atoms with Crippen LogP contribution in [0.4, 0.5) is 17.3 Å². The Kier molecular flexibility index (Phi) is 5.65. The number of unbranched alkanes of at least 4 members (excludes halogenated alkanes) is 1. The number of rotatable bonds is 6. The summed E-state index contributed by atoms with van der Waals surface area (Å²) in [5.41, 5.74) is 7.13. The summed E-state index contributed by atoms with van der Waals surface area (Å²) < 4.78 is 0. The quantitative estimate of drug-likeness (QED) is 0.873. The standard InChI is InChI=1S/C16H29N5/c1-4-6-10-20(3)15-14(17)16(19-12-18-15)21-11-8-7-9-13(21)5-2/h12-13H,4-11,17H2,1-3H3. The minimum atomic E-state index is 0.560. The van der Waals surface area contributed by atoms with Crippen LogP contribution in [-0.4, -0.2) is 36.1 Å². The van der Waals surface area contributed by atoms with E-state index in [1.165, 1.54) is 25.7 Å². The molecule has 0 spiro atoms. The third-order valence-corrected chi connectivity index (χ3v) is 4.42. The van der Waals surface area contributed by atoms with E-state index in [9.17, 15) is 0 Å². The van der Waals surface area contributed by atoms with Gasteiger partial charge in [-0.3, -0.25) is 0 Å². The molecule has 0 bridgehead atoms. The molecule has 2 N–H and O–H groups in total. The van der Waals surface area contributed by atoms with E-state index in [0.717, 1.165) is 43.3 Å². The Balaban J connectivity index is 2.24. The molecule has 5 nitrogen and oxygen atoms in total. The Morgan fingerprint density at radius 2 is 2.14 bits per heavy atom. The summed E-state index contributed by atoms with van der Waals surface area (Å²) in [5, 5.41) is 0. The summed E-state index contributed by atoms with van der Waals surface area (Å²) in [6.45, 7) is 6.48. The van der Waals surface area contributed by atoms with Crippen molar-refractivity contribution in [1.29, 1.82) is 0 Å². The highest BCUT2D eigenvalue weighted by atomic mass is 15.3. The molecule has 0 aliphatic carbocycles. The van der Waals surface area contributed by atoms with Gasteiger partial charge in [0.15, 0.2) is 11.6 Å². The molecule has 5 heteroatoms. The molecule has 1 aliphatic heterocycles. The molecule has 1 aromatic rings. The lowest BCUT2D eigenvalue weighted by molar-refractivity contribution is 0.447. The summed E-state index contributed by atoms with van der Waals surface area (Å²) >= 11 is 0. The lowest BCUT2D eigenvalue weighted by atomic mass is 10.00. The summed E-state index contributed by atoms with van der Waals surface area (Å²) in [7, 11) is 2.06. The predicted molar refractivity (Wildman–Crippen MR) is 89.9 cm³/mol. The Labute approximate surface area is 128 Å². The second-order valence-electron chi connectivity index (χ2n) is 5.96. The monoisotopic (exact) mass is 291 g/mol. The molecular weight excluding hydrogens is 262 g/mol. The van der Waals surface area contributed by atoms with Crippen molar-refractivity contribution in [3.8, 4) is 0 Å². The first-order valence-corrected chi connectivity index (χ1v) is 8.27. The molecular formula is C16H29N5. The zero-order chi connectivity index (χ0) is 15.2. The van der Waals surface area contributed by atoms with Crippen LogP contribution >= 0.6 is 0 Å². The molecule has 2 heterocycles. The van der Waals surface area contributed by atoms with Crippen molar-refractivity contribution >= 4 is 17.3 Å². The molecule has 0 amide bonds. The average Bonchev–Trinajstić information content (AvgIpc) is 2.52. The van der Waals surface area contributed by atoms with Gasteiger partial charge in [0.05, 0.1) is 0 Å². The SMILES string of the molecule is CCCCN(C)c1ncnc(N2CCCCC2CC)c1N. The molecule has 0 radical (unpaired) electrons. The second-order valence-corrected chi connectivity index (χ2v) is 5.96. The maximum atomic E-state index is 6.40. The number of piperidine rings is 1. The van der Waals surface area contributed by atoms with Crippen LogP contribution in [0, 0.1) is 0 Å². The molecule has 21 heavy (non-hydrogen) atoms. The minimum Gasteiger partial charge on any atom is -0.393 e. The van der Waals surface area contributed by atoms with E-state index in [-0.39, 0.29) is 0 Å². The highest BCUT2D eigenvalue weighted by molar-refractivity contribution is 5.75. The van der Waals surface area contributed by atoms with E-state index in [0.29, 0.717) is 6.04 Å². The number of hydrogen-bond acceptors (Lipinski definition) is 5. The Hall–Kier alpha value is -1.52. The van der Waals surface area contributed by atoms with E-state index in [1.54, 1.807) is 6.33 Å². The molecule has 1 unspecified atom stereocenters. The predicted octanol–water partition coefficient (Wildman–Crippen LogP) is 3.06. The molecule has 1 aromatic heterocycles. The first-order valence-electron chi connectivity index (χ1n) is 8.27. The molecule has 1 saturated heterocycles. The summed E-state index contributed by atoms with van der Waals surface area (Å²) in [6.07, 6.45) is 8.89. The summed E-state index contributed by atoms with van der Waals surface area (Å²) in [6, 6.07) is 0.560. The van der Waals surface area contributed by atoms with Gasteiger partial charge >= 0.3 is 0 Å². The average molecular weight is 291 g/mol. The molecule has 118 valence electrons. The fourth-order valence-electron chi connectivity index (χ4n) is 3.12. The number of nitrogen functional groups attached to an aromatic ring is 1. The number of anilines is 3. The van der Waals surface area contributed by atoms with E-state index in [4.69, 9.17) is 5.73 Å². The maximum absolute atomic E-state index is 6.40.